The van der Waals surface area contributed by atoms with Crippen LogP contribution >= 0.6 is 11.6 Å². The summed E-state index contributed by atoms with van der Waals surface area (Å²) in [6.07, 6.45) is 5.90. The number of halogens is 1. The van der Waals surface area contributed by atoms with E-state index < -0.39 is 0 Å². The second-order valence-electron chi connectivity index (χ2n) is 3.10. The van der Waals surface area contributed by atoms with E-state index in [9.17, 15) is 0 Å². The maximum absolute atomic E-state index is 5.43. The van der Waals surface area contributed by atoms with E-state index in [1.165, 1.54) is 12.8 Å². The number of hydrogen-bond donors (Lipinski definition) is 1. The summed E-state index contributed by atoms with van der Waals surface area (Å²) >= 11 is 5.43. The maximum atomic E-state index is 5.43. The maximum Gasteiger partial charge on any atom is 0.000779 e. The Balaban J connectivity index is 2.23. The van der Waals surface area contributed by atoms with Crippen LogP contribution in [0.25, 0.3) is 0 Å². The van der Waals surface area contributed by atoms with Crippen LogP contribution in [-0.4, -0.2) is 13.6 Å². The van der Waals surface area contributed by atoms with Gasteiger partial charge in [0.15, 0.2) is 0 Å². The molecule has 0 aromatic rings. The Labute approximate surface area is 67.5 Å². The molecule has 0 amide bonds. The van der Waals surface area contributed by atoms with Gasteiger partial charge >= 0.3 is 0 Å². The highest BCUT2D eigenvalue weighted by molar-refractivity contribution is 6.25. The first-order valence-electron chi connectivity index (χ1n) is 3.73. The van der Waals surface area contributed by atoms with Crippen LogP contribution in [0.3, 0.4) is 0 Å². The molecule has 0 aliphatic heterocycles. The first-order valence-corrected chi connectivity index (χ1v) is 4.16. The van der Waals surface area contributed by atoms with Crippen LogP contribution in [0.2, 0.25) is 0 Å². The molecule has 0 atom stereocenters. The van der Waals surface area contributed by atoms with E-state index in [2.05, 4.69) is 5.32 Å². The van der Waals surface area contributed by atoms with Crippen LogP contribution in [0.1, 0.15) is 19.3 Å². The summed E-state index contributed by atoms with van der Waals surface area (Å²) in [7, 11) is 2.00. The monoisotopic (exact) mass is 159 g/mol. The zero-order valence-corrected chi connectivity index (χ0v) is 7.12. The van der Waals surface area contributed by atoms with Gasteiger partial charge in [0.1, 0.15) is 0 Å². The van der Waals surface area contributed by atoms with Gasteiger partial charge in [-0.25, -0.2) is 0 Å². The molecule has 0 radical (unpaired) electrons. The molecule has 0 unspecified atom stereocenters. The average molecular weight is 160 g/mol. The lowest BCUT2D eigenvalue weighted by molar-refractivity contribution is 0.488. The zero-order chi connectivity index (χ0) is 7.45. The minimum atomic E-state index is 0.570. The van der Waals surface area contributed by atoms with Crippen molar-refractivity contribution < 1.29 is 0 Å². The van der Waals surface area contributed by atoms with Crippen LogP contribution in [0.4, 0.5) is 0 Å². The molecular weight excluding hydrogens is 146 g/mol. The quantitative estimate of drug-likeness (QED) is 0.663. The number of hydrogen-bond acceptors (Lipinski definition) is 1. The predicted molar refractivity (Wildman–Crippen MR) is 45.2 cm³/mol. The molecular formula is C8H14ClN. The van der Waals surface area contributed by atoms with E-state index in [-0.39, 0.29) is 0 Å². The van der Waals surface area contributed by atoms with Crippen molar-refractivity contribution in [2.24, 2.45) is 5.41 Å². The molecule has 0 aromatic carbocycles. The summed E-state index contributed by atoms with van der Waals surface area (Å²) in [5.74, 6) is 0. The minimum Gasteiger partial charge on any atom is -0.319 e. The Hall–Kier alpha value is -0.0100. The fourth-order valence-corrected chi connectivity index (χ4v) is 1.39. The third kappa shape index (κ3) is 1.99. The van der Waals surface area contributed by atoms with Crippen LogP contribution in [-0.2, 0) is 0 Å². The van der Waals surface area contributed by atoms with E-state index in [4.69, 9.17) is 11.6 Å². The predicted octanol–water partition coefficient (Wildman–Crippen LogP) is 2.13. The van der Waals surface area contributed by atoms with Crippen molar-refractivity contribution in [1.29, 1.82) is 0 Å². The summed E-state index contributed by atoms with van der Waals surface area (Å²) in [6.45, 7) is 1.13. The van der Waals surface area contributed by atoms with Gasteiger partial charge in [-0.2, -0.15) is 0 Å². The number of rotatable bonds is 4. The van der Waals surface area contributed by atoms with Crippen molar-refractivity contribution >= 4 is 11.6 Å². The normalized spacial score (nSPS) is 21.8. The van der Waals surface area contributed by atoms with Crippen molar-refractivity contribution in [3.63, 3.8) is 0 Å². The molecule has 10 heavy (non-hydrogen) atoms. The van der Waals surface area contributed by atoms with Crippen LogP contribution < -0.4 is 5.32 Å². The van der Waals surface area contributed by atoms with Gasteiger partial charge in [0.2, 0.25) is 0 Å². The Morgan fingerprint density at radius 1 is 1.60 bits per heavy atom. The fraction of sp³-hybridized carbons (Fsp3) is 0.750. The molecule has 1 aliphatic carbocycles. The second kappa shape index (κ2) is 3.40. The summed E-state index contributed by atoms with van der Waals surface area (Å²) < 4.78 is 0. The SMILES string of the molecule is CNCC1(C/C=C/Cl)CC1. The fourth-order valence-electron chi connectivity index (χ4n) is 1.30. The van der Waals surface area contributed by atoms with Gasteiger partial charge in [0, 0.05) is 12.1 Å². The Bertz CT molecular complexity index is 127. The minimum absolute atomic E-state index is 0.570. The lowest BCUT2D eigenvalue weighted by Gasteiger charge is -2.10. The van der Waals surface area contributed by atoms with Gasteiger partial charge in [-0.1, -0.05) is 17.7 Å². The van der Waals surface area contributed by atoms with Gasteiger partial charge in [0.05, 0.1) is 0 Å². The molecule has 58 valence electrons. The van der Waals surface area contributed by atoms with E-state index in [0.29, 0.717) is 5.41 Å². The number of nitrogens with one attached hydrogen (secondary N) is 1. The summed E-state index contributed by atoms with van der Waals surface area (Å²) in [6, 6.07) is 0. The van der Waals surface area contributed by atoms with Crippen molar-refractivity contribution in [3.05, 3.63) is 11.6 Å². The summed E-state index contributed by atoms with van der Waals surface area (Å²) in [5.41, 5.74) is 2.19. The lowest BCUT2D eigenvalue weighted by atomic mass is 10.0. The van der Waals surface area contributed by atoms with Crippen LogP contribution in [0, 0.1) is 5.41 Å². The summed E-state index contributed by atoms with van der Waals surface area (Å²) in [4.78, 5) is 0. The molecule has 1 fully saturated rings. The largest absolute Gasteiger partial charge is 0.319 e. The first kappa shape index (κ1) is 8.09. The molecule has 0 aromatic heterocycles. The van der Waals surface area contributed by atoms with Gasteiger partial charge in [-0.05, 0) is 31.7 Å². The zero-order valence-electron chi connectivity index (χ0n) is 6.36. The highest BCUT2D eigenvalue weighted by atomic mass is 35.5. The highest BCUT2D eigenvalue weighted by Crippen LogP contribution is 2.48. The average Bonchev–Trinajstić information content (AvgIpc) is 2.67. The molecule has 1 N–H and O–H groups in total. The molecule has 1 saturated carbocycles. The lowest BCUT2D eigenvalue weighted by Crippen LogP contribution is -2.19. The second-order valence-corrected chi connectivity index (χ2v) is 3.35. The highest BCUT2D eigenvalue weighted by Gasteiger charge is 2.40. The Morgan fingerprint density at radius 3 is 2.70 bits per heavy atom. The summed E-state index contributed by atoms with van der Waals surface area (Å²) in [5, 5.41) is 3.20. The third-order valence-electron chi connectivity index (χ3n) is 2.15. The van der Waals surface area contributed by atoms with Crippen molar-refractivity contribution in [1.82, 2.24) is 5.32 Å². The van der Waals surface area contributed by atoms with E-state index in [1.54, 1.807) is 5.54 Å². The molecule has 1 nitrogen and oxygen atoms in total. The van der Waals surface area contributed by atoms with E-state index in [1.807, 2.05) is 13.1 Å². The van der Waals surface area contributed by atoms with Crippen LogP contribution in [0.5, 0.6) is 0 Å². The van der Waals surface area contributed by atoms with Gasteiger partial charge in [-0.3, -0.25) is 0 Å². The third-order valence-corrected chi connectivity index (χ3v) is 2.33. The van der Waals surface area contributed by atoms with Crippen molar-refractivity contribution in [3.8, 4) is 0 Å². The van der Waals surface area contributed by atoms with Crippen molar-refractivity contribution in [2.45, 2.75) is 19.3 Å². The molecule has 0 heterocycles. The molecule has 2 heteroatoms. The topological polar surface area (TPSA) is 12.0 Å². The molecule has 1 aliphatic rings. The first-order chi connectivity index (χ1) is 4.83. The van der Waals surface area contributed by atoms with Gasteiger partial charge in [0.25, 0.3) is 0 Å². The van der Waals surface area contributed by atoms with Crippen LogP contribution in [0.15, 0.2) is 11.6 Å². The van der Waals surface area contributed by atoms with Gasteiger partial charge in [-0.15, -0.1) is 0 Å². The molecule has 0 bridgehead atoms. The van der Waals surface area contributed by atoms with E-state index in [0.717, 1.165) is 13.0 Å². The number of allylic oxidation sites excluding steroid dienone is 1. The van der Waals surface area contributed by atoms with Crippen molar-refractivity contribution in [2.75, 3.05) is 13.6 Å². The van der Waals surface area contributed by atoms with E-state index >= 15 is 0 Å². The standard InChI is InChI=1S/C8H14ClN/c1-10-7-8(4-5-8)3-2-6-9/h2,6,10H,3-5,7H2,1H3/b6-2+. The molecule has 1 rings (SSSR count). The Morgan fingerprint density at radius 2 is 2.30 bits per heavy atom. The Kier molecular flexibility index (Phi) is 2.75. The van der Waals surface area contributed by atoms with Gasteiger partial charge < -0.3 is 5.32 Å². The molecule has 0 saturated heterocycles. The molecule has 0 spiro atoms. The smallest absolute Gasteiger partial charge is 0.000779 e.